The van der Waals surface area contributed by atoms with Crippen molar-refractivity contribution in [1.82, 2.24) is 0 Å². The molecule has 0 saturated heterocycles. The minimum atomic E-state index is -0.356. The average molecular weight is 262 g/mol. The monoisotopic (exact) mass is 262 g/mol. The van der Waals surface area contributed by atoms with E-state index in [0.717, 1.165) is 5.56 Å². The molecule has 1 aromatic carbocycles. The van der Waals surface area contributed by atoms with Gasteiger partial charge in [-0.1, -0.05) is 12.1 Å². The second-order valence-corrected chi connectivity index (χ2v) is 3.85. The number of benzene rings is 1. The normalized spacial score (nSPS) is 13.1. The zero-order valence-corrected chi connectivity index (χ0v) is 8.79. The number of aliphatic hydroxyl groups excluding tert-OH is 1. The maximum absolute atomic E-state index is 9.24. The molecule has 1 atom stereocenters. The molecule has 1 unspecified atom stereocenters. The molecule has 0 aliphatic carbocycles. The summed E-state index contributed by atoms with van der Waals surface area (Å²) >= 11 is 2.28. The van der Waals surface area contributed by atoms with E-state index in [0.29, 0.717) is 0 Å². The summed E-state index contributed by atoms with van der Waals surface area (Å²) in [5, 5.41) is 9.24. The van der Waals surface area contributed by atoms with E-state index in [1.54, 1.807) is 6.92 Å². The Bertz CT molecular complexity index is 256. The van der Waals surface area contributed by atoms with Gasteiger partial charge in [-0.15, -0.1) is 0 Å². The standard InChI is InChI=1S/C9H11IO/c1-6-5-8(7(2)11)3-4-9(6)10/h3-5,7,11H,1-2H3. The summed E-state index contributed by atoms with van der Waals surface area (Å²) in [6.07, 6.45) is -0.356. The zero-order valence-electron chi connectivity index (χ0n) is 6.63. The molecule has 0 aromatic heterocycles. The Morgan fingerprint density at radius 2 is 2.09 bits per heavy atom. The zero-order chi connectivity index (χ0) is 8.43. The lowest BCUT2D eigenvalue weighted by Crippen LogP contribution is -1.92. The molecule has 1 N–H and O–H groups in total. The lowest BCUT2D eigenvalue weighted by atomic mass is 10.1. The molecule has 60 valence electrons. The number of aliphatic hydroxyl groups is 1. The number of aryl methyl sites for hydroxylation is 1. The highest BCUT2D eigenvalue weighted by Gasteiger charge is 2.01. The van der Waals surface area contributed by atoms with Crippen molar-refractivity contribution in [2.24, 2.45) is 0 Å². The van der Waals surface area contributed by atoms with Gasteiger partial charge in [0, 0.05) is 3.57 Å². The lowest BCUT2D eigenvalue weighted by molar-refractivity contribution is 0.199. The van der Waals surface area contributed by atoms with Crippen LogP contribution in [-0.4, -0.2) is 5.11 Å². The summed E-state index contributed by atoms with van der Waals surface area (Å²) in [6, 6.07) is 6.00. The van der Waals surface area contributed by atoms with Crippen molar-refractivity contribution in [2.75, 3.05) is 0 Å². The maximum Gasteiger partial charge on any atom is 0.0762 e. The first kappa shape index (κ1) is 9.00. The molecule has 0 bridgehead atoms. The highest BCUT2D eigenvalue weighted by atomic mass is 127. The molecular formula is C9H11IO. The molecule has 0 aliphatic heterocycles. The van der Waals surface area contributed by atoms with Crippen molar-refractivity contribution in [2.45, 2.75) is 20.0 Å². The topological polar surface area (TPSA) is 20.2 Å². The molecule has 0 heterocycles. The first-order valence-corrected chi connectivity index (χ1v) is 4.63. The Morgan fingerprint density at radius 1 is 1.45 bits per heavy atom. The van der Waals surface area contributed by atoms with Gasteiger partial charge in [0.25, 0.3) is 0 Å². The number of halogens is 1. The van der Waals surface area contributed by atoms with Crippen LogP contribution in [0.3, 0.4) is 0 Å². The van der Waals surface area contributed by atoms with E-state index in [2.05, 4.69) is 22.6 Å². The van der Waals surface area contributed by atoms with Crippen molar-refractivity contribution >= 4 is 22.6 Å². The summed E-state index contributed by atoms with van der Waals surface area (Å²) in [4.78, 5) is 0. The van der Waals surface area contributed by atoms with Gasteiger partial charge in [-0.25, -0.2) is 0 Å². The SMILES string of the molecule is Cc1cc(C(C)O)ccc1I. The fourth-order valence-corrected chi connectivity index (χ4v) is 1.26. The van der Waals surface area contributed by atoms with Crippen LogP contribution in [0.2, 0.25) is 0 Å². The third kappa shape index (κ3) is 2.17. The van der Waals surface area contributed by atoms with E-state index in [1.165, 1.54) is 9.13 Å². The molecule has 0 aliphatic rings. The molecule has 1 aromatic rings. The van der Waals surface area contributed by atoms with Crippen LogP contribution in [0.4, 0.5) is 0 Å². The van der Waals surface area contributed by atoms with Crippen molar-refractivity contribution in [3.8, 4) is 0 Å². The van der Waals surface area contributed by atoms with E-state index in [9.17, 15) is 5.11 Å². The van der Waals surface area contributed by atoms with Gasteiger partial charge < -0.3 is 5.11 Å². The first-order valence-electron chi connectivity index (χ1n) is 3.55. The Morgan fingerprint density at radius 3 is 2.55 bits per heavy atom. The molecule has 0 spiro atoms. The van der Waals surface area contributed by atoms with Gasteiger partial charge in [0.05, 0.1) is 6.10 Å². The van der Waals surface area contributed by atoms with Gasteiger partial charge >= 0.3 is 0 Å². The second-order valence-electron chi connectivity index (χ2n) is 2.68. The molecule has 0 radical (unpaired) electrons. The summed E-state index contributed by atoms with van der Waals surface area (Å²) in [5.41, 5.74) is 2.21. The molecular weight excluding hydrogens is 251 g/mol. The third-order valence-corrected chi connectivity index (χ3v) is 2.87. The highest BCUT2D eigenvalue weighted by molar-refractivity contribution is 14.1. The van der Waals surface area contributed by atoms with Crippen LogP contribution in [0.25, 0.3) is 0 Å². The number of rotatable bonds is 1. The van der Waals surface area contributed by atoms with Gasteiger partial charge in [-0.3, -0.25) is 0 Å². The van der Waals surface area contributed by atoms with Crippen LogP contribution < -0.4 is 0 Å². The highest BCUT2D eigenvalue weighted by Crippen LogP contribution is 2.17. The fraction of sp³-hybridized carbons (Fsp3) is 0.333. The summed E-state index contributed by atoms with van der Waals surface area (Å²) in [5.74, 6) is 0. The Kier molecular flexibility index (Phi) is 2.90. The quantitative estimate of drug-likeness (QED) is 0.771. The smallest absolute Gasteiger partial charge is 0.0762 e. The maximum atomic E-state index is 9.24. The molecule has 0 fully saturated rings. The van der Waals surface area contributed by atoms with Crippen LogP contribution in [0.1, 0.15) is 24.2 Å². The van der Waals surface area contributed by atoms with Crippen molar-refractivity contribution in [3.63, 3.8) is 0 Å². The number of hydrogen-bond acceptors (Lipinski definition) is 1. The first-order chi connectivity index (χ1) is 5.11. The van der Waals surface area contributed by atoms with Gasteiger partial charge in [-0.2, -0.15) is 0 Å². The Labute approximate surface area is 80.6 Å². The number of hydrogen-bond donors (Lipinski definition) is 1. The van der Waals surface area contributed by atoms with Crippen molar-refractivity contribution < 1.29 is 5.11 Å². The van der Waals surface area contributed by atoms with Crippen molar-refractivity contribution in [1.29, 1.82) is 0 Å². The average Bonchev–Trinajstić information content (AvgIpc) is 1.94. The molecule has 11 heavy (non-hydrogen) atoms. The van der Waals surface area contributed by atoms with Crippen LogP contribution in [-0.2, 0) is 0 Å². The molecule has 0 amide bonds. The molecule has 1 nitrogen and oxygen atoms in total. The Balaban J connectivity index is 3.05. The van der Waals surface area contributed by atoms with Gasteiger partial charge in [-0.05, 0) is 53.6 Å². The van der Waals surface area contributed by atoms with Crippen LogP contribution in [0.5, 0.6) is 0 Å². The van der Waals surface area contributed by atoms with E-state index >= 15 is 0 Å². The molecule has 0 saturated carbocycles. The minimum Gasteiger partial charge on any atom is -0.389 e. The predicted molar refractivity (Wildman–Crippen MR) is 54.5 cm³/mol. The van der Waals surface area contributed by atoms with E-state index < -0.39 is 0 Å². The second kappa shape index (κ2) is 3.54. The summed E-state index contributed by atoms with van der Waals surface area (Å²) in [7, 11) is 0. The third-order valence-electron chi connectivity index (χ3n) is 1.66. The Hall–Kier alpha value is -0.0900. The van der Waals surface area contributed by atoms with Gasteiger partial charge in [0.1, 0.15) is 0 Å². The predicted octanol–water partition coefficient (Wildman–Crippen LogP) is 2.65. The summed E-state index contributed by atoms with van der Waals surface area (Å²) in [6.45, 7) is 3.83. The molecule has 1 rings (SSSR count). The van der Waals surface area contributed by atoms with Crippen LogP contribution >= 0.6 is 22.6 Å². The van der Waals surface area contributed by atoms with E-state index in [4.69, 9.17) is 0 Å². The van der Waals surface area contributed by atoms with Gasteiger partial charge in [0.15, 0.2) is 0 Å². The van der Waals surface area contributed by atoms with Gasteiger partial charge in [0.2, 0.25) is 0 Å². The summed E-state index contributed by atoms with van der Waals surface area (Å²) < 4.78 is 1.24. The minimum absolute atomic E-state index is 0.356. The fourth-order valence-electron chi connectivity index (χ4n) is 0.928. The van der Waals surface area contributed by atoms with Crippen molar-refractivity contribution in [3.05, 3.63) is 32.9 Å². The largest absolute Gasteiger partial charge is 0.389 e. The van der Waals surface area contributed by atoms with E-state index in [-0.39, 0.29) is 6.10 Å². The van der Waals surface area contributed by atoms with E-state index in [1.807, 2.05) is 25.1 Å². The van der Waals surface area contributed by atoms with Crippen LogP contribution in [0.15, 0.2) is 18.2 Å². The lowest BCUT2D eigenvalue weighted by Gasteiger charge is -2.05. The molecule has 2 heteroatoms. The van der Waals surface area contributed by atoms with Crippen LogP contribution in [0, 0.1) is 10.5 Å².